The van der Waals surface area contributed by atoms with Crippen LogP contribution in [0.25, 0.3) is 0 Å². The van der Waals surface area contributed by atoms with Crippen LogP contribution in [-0.2, 0) is 6.42 Å². The molecule has 0 bridgehead atoms. The van der Waals surface area contributed by atoms with Crippen molar-refractivity contribution in [1.82, 2.24) is 9.97 Å². The summed E-state index contributed by atoms with van der Waals surface area (Å²) >= 11 is 3.73. The van der Waals surface area contributed by atoms with Gasteiger partial charge < -0.3 is 0 Å². The molecule has 0 aliphatic heterocycles. The van der Waals surface area contributed by atoms with Crippen LogP contribution in [-0.4, -0.2) is 14.8 Å². The average Bonchev–Trinajstić information content (AvgIpc) is 2.09. The largest absolute Gasteiger partial charge is 0.258 e. The van der Waals surface area contributed by atoms with Gasteiger partial charge in [0.1, 0.15) is 0 Å². The molecule has 1 aromatic heterocycles. The lowest BCUT2D eigenvalue weighted by molar-refractivity contribution is 0.395. The standard InChI is InChI=1S/C12H19BrN2/c1-8-7-14-9(2)10(15-8)6-11(13)12(3,4)5/h7,11H,6H2,1-5H3. The second kappa shape index (κ2) is 4.60. The van der Waals surface area contributed by atoms with E-state index in [4.69, 9.17) is 0 Å². The zero-order chi connectivity index (χ0) is 11.6. The van der Waals surface area contributed by atoms with Crippen molar-refractivity contribution in [3.8, 4) is 0 Å². The first kappa shape index (κ1) is 12.6. The smallest absolute Gasteiger partial charge is 0.0630 e. The summed E-state index contributed by atoms with van der Waals surface area (Å²) in [5.41, 5.74) is 3.38. The van der Waals surface area contributed by atoms with Crippen molar-refractivity contribution in [1.29, 1.82) is 0 Å². The fraction of sp³-hybridized carbons (Fsp3) is 0.667. The van der Waals surface area contributed by atoms with Crippen LogP contribution in [0.4, 0.5) is 0 Å². The number of aryl methyl sites for hydroxylation is 2. The molecule has 1 heterocycles. The summed E-state index contributed by atoms with van der Waals surface area (Å²) in [6.07, 6.45) is 2.75. The lowest BCUT2D eigenvalue weighted by Crippen LogP contribution is -2.23. The van der Waals surface area contributed by atoms with Gasteiger partial charge in [0, 0.05) is 17.4 Å². The number of aromatic nitrogens is 2. The minimum absolute atomic E-state index is 0.248. The molecule has 0 amide bonds. The zero-order valence-corrected chi connectivity index (χ0v) is 11.7. The number of alkyl halides is 1. The van der Waals surface area contributed by atoms with Crippen LogP contribution in [0.2, 0.25) is 0 Å². The van der Waals surface area contributed by atoms with Gasteiger partial charge in [0.2, 0.25) is 0 Å². The summed E-state index contributed by atoms with van der Waals surface area (Å²) in [5, 5.41) is 0. The van der Waals surface area contributed by atoms with Gasteiger partial charge in [0.25, 0.3) is 0 Å². The predicted octanol–water partition coefficient (Wildman–Crippen LogP) is 3.45. The van der Waals surface area contributed by atoms with E-state index in [-0.39, 0.29) is 5.41 Å². The first-order valence-electron chi connectivity index (χ1n) is 5.24. The van der Waals surface area contributed by atoms with E-state index in [0.717, 1.165) is 23.5 Å². The summed E-state index contributed by atoms with van der Waals surface area (Å²) < 4.78 is 0. The molecule has 0 aliphatic rings. The topological polar surface area (TPSA) is 25.8 Å². The van der Waals surface area contributed by atoms with Crippen LogP contribution < -0.4 is 0 Å². The SMILES string of the molecule is Cc1cnc(C)c(CC(Br)C(C)(C)C)n1. The molecule has 1 rings (SSSR count). The summed E-state index contributed by atoms with van der Waals surface area (Å²) in [5.74, 6) is 0. The second-order valence-corrected chi connectivity index (χ2v) is 6.19. The fourth-order valence-corrected chi connectivity index (χ4v) is 1.56. The molecule has 15 heavy (non-hydrogen) atoms. The highest BCUT2D eigenvalue weighted by atomic mass is 79.9. The number of rotatable bonds is 2. The second-order valence-electron chi connectivity index (χ2n) is 5.08. The van der Waals surface area contributed by atoms with Crippen molar-refractivity contribution >= 4 is 15.9 Å². The van der Waals surface area contributed by atoms with Crippen LogP contribution in [0.5, 0.6) is 0 Å². The first-order valence-corrected chi connectivity index (χ1v) is 6.15. The van der Waals surface area contributed by atoms with E-state index in [2.05, 4.69) is 46.7 Å². The van der Waals surface area contributed by atoms with E-state index < -0.39 is 0 Å². The zero-order valence-electron chi connectivity index (χ0n) is 10.1. The maximum Gasteiger partial charge on any atom is 0.0630 e. The Labute approximate surface area is 101 Å². The molecule has 0 aromatic carbocycles. The van der Waals surface area contributed by atoms with Crippen LogP contribution in [0.1, 0.15) is 37.9 Å². The molecule has 1 aromatic rings. The minimum atomic E-state index is 0.248. The normalized spacial score (nSPS) is 14.0. The van der Waals surface area contributed by atoms with Crippen molar-refractivity contribution in [3.63, 3.8) is 0 Å². The molecule has 0 spiro atoms. The Morgan fingerprint density at radius 1 is 1.33 bits per heavy atom. The average molecular weight is 271 g/mol. The van der Waals surface area contributed by atoms with E-state index in [0.29, 0.717) is 4.83 Å². The Kier molecular flexibility index (Phi) is 3.87. The summed E-state index contributed by atoms with van der Waals surface area (Å²) in [7, 11) is 0. The monoisotopic (exact) mass is 270 g/mol. The van der Waals surface area contributed by atoms with Crippen LogP contribution in [0.15, 0.2) is 6.20 Å². The number of halogens is 1. The van der Waals surface area contributed by atoms with E-state index >= 15 is 0 Å². The molecule has 1 atom stereocenters. The molecule has 84 valence electrons. The van der Waals surface area contributed by atoms with Gasteiger partial charge in [-0.05, 0) is 19.3 Å². The molecule has 1 unspecified atom stereocenters. The molecule has 3 heteroatoms. The van der Waals surface area contributed by atoms with Crippen molar-refractivity contribution in [3.05, 3.63) is 23.3 Å². The van der Waals surface area contributed by atoms with Crippen LogP contribution in [0.3, 0.4) is 0 Å². The molecule has 0 radical (unpaired) electrons. The third-order valence-corrected chi connectivity index (χ3v) is 4.18. The Bertz CT molecular complexity index is 342. The summed E-state index contributed by atoms with van der Waals surface area (Å²) in [6.45, 7) is 10.7. The van der Waals surface area contributed by atoms with Gasteiger partial charge >= 0.3 is 0 Å². The number of nitrogens with zero attached hydrogens (tertiary/aromatic N) is 2. The maximum absolute atomic E-state index is 4.53. The lowest BCUT2D eigenvalue weighted by atomic mass is 9.89. The van der Waals surface area contributed by atoms with Gasteiger partial charge in [-0.15, -0.1) is 0 Å². The van der Waals surface area contributed by atoms with Crippen molar-refractivity contribution in [2.75, 3.05) is 0 Å². The third kappa shape index (κ3) is 3.56. The predicted molar refractivity (Wildman–Crippen MR) is 67.4 cm³/mol. The summed E-state index contributed by atoms with van der Waals surface area (Å²) in [4.78, 5) is 9.29. The quantitative estimate of drug-likeness (QED) is 0.770. The van der Waals surface area contributed by atoms with Gasteiger partial charge in [0.15, 0.2) is 0 Å². The van der Waals surface area contributed by atoms with Crippen LogP contribution in [0, 0.1) is 19.3 Å². The Morgan fingerprint density at radius 3 is 2.47 bits per heavy atom. The van der Waals surface area contributed by atoms with Gasteiger partial charge in [-0.25, -0.2) is 0 Å². The van der Waals surface area contributed by atoms with E-state index in [9.17, 15) is 0 Å². The molecule has 0 saturated carbocycles. The Morgan fingerprint density at radius 2 is 1.93 bits per heavy atom. The lowest BCUT2D eigenvalue weighted by Gasteiger charge is -2.25. The maximum atomic E-state index is 4.53. The molecule has 0 fully saturated rings. The molecule has 0 saturated heterocycles. The highest BCUT2D eigenvalue weighted by Gasteiger charge is 2.23. The molecule has 2 nitrogen and oxygen atoms in total. The van der Waals surface area contributed by atoms with Crippen molar-refractivity contribution < 1.29 is 0 Å². The molecule has 0 N–H and O–H groups in total. The third-order valence-electron chi connectivity index (χ3n) is 2.49. The molecular formula is C12H19BrN2. The van der Waals surface area contributed by atoms with Gasteiger partial charge in [-0.1, -0.05) is 36.7 Å². The summed E-state index contributed by atoms with van der Waals surface area (Å²) in [6, 6.07) is 0. The Balaban J connectivity index is 2.85. The van der Waals surface area contributed by atoms with Gasteiger partial charge in [0.05, 0.1) is 17.1 Å². The highest BCUT2D eigenvalue weighted by molar-refractivity contribution is 9.09. The fourth-order valence-electron chi connectivity index (χ4n) is 1.26. The van der Waals surface area contributed by atoms with E-state index in [1.165, 1.54) is 0 Å². The molecule has 0 aliphatic carbocycles. The number of hydrogen-bond acceptors (Lipinski definition) is 2. The highest BCUT2D eigenvalue weighted by Crippen LogP contribution is 2.28. The van der Waals surface area contributed by atoms with E-state index in [1.54, 1.807) is 0 Å². The number of hydrogen-bond donors (Lipinski definition) is 0. The molecular weight excluding hydrogens is 252 g/mol. The minimum Gasteiger partial charge on any atom is -0.258 e. The Hall–Kier alpha value is -0.440. The van der Waals surface area contributed by atoms with E-state index in [1.807, 2.05) is 20.0 Å². The van der Waals surface area contributed by atoms with Crippen molar-refractivity contribution in [2.24, 2.45) is 5.41 Å². The van der Waals surface area contributed by atoms with Crippen molar-refractivity contribution in [2.45, 2.75) is 45.9 Å². The first-order chi connectivity index (χ1) is 6.80. The van der Waals surface area contributed by atoms with Gasteiger partial charge in [-0.2, -0.15) is 0 Å². The van der Waals surface area contributed by atoms with Gasteiger partial charge in [-0.3, -0.25) is 9.97 Å². The van der Waals surface area contributed by atoms with Crippen LogP contribution >= 0.6 is 15.9 Å².